The molecule has 0 radical (unpaired) electrons. The second kappa shape index (κ2) is 9.24. The minimum absolute atomic E-state index is 0.181. The number of amides is 1. The molecule has 0 heterocycles. The van der Waals surface area contributed by atoms with E-state index >= 15 is 0 Å². The van der Waals surface area contributed by atoms with Gasteiger partial charge in [0.05, 0.1) is 0 Å². The van der Waals surface area contributed by atoms with Gasteiger partial charge in [0, 0.05) is 24.0 Å². The summed E-state index contributed by atoms with van der Waals surface area (Å²) in [5.41, 5.74) is 2.61. The van der Waals surface area contributed by atoms with Gasteiger partial charge in [-0.05, 0) is 36.3 Å². The van der Waals surface area contributed by atoms with Gasteiger partial charge in [-0.2, -0.15) is 11.8 Å². The van der Waals surface area contributed by atoms with Crippen molar-refractivity contribution in [1.82, 2.24) is 5.32 Å². The lowest BCUT2D eigenvalue weighted by Gasteiger charge is -2.10. The highest BCUT2D eigenvalue weighted by Gasteiger charge is 2.14. The van der Waals surface area contributed by atoms with Gasteiger partial charge in [0.1, 0.15) is 0 Å². The number of hydrogen-bond donors (Lipinski definition) is 1. The van der Waals surface area contributed by atoms with Gasteiger partial charge in [0.2, 0.25) is 5.91 Å². The van der Waals surface area contributed by atoms with E-state index in [9.17, 15) is 4.79 Å². The smallest absolute Gasteiger partial charge is 0.220 e. The Morgan fingerprint density at radius 3 is 2.55 bits per heavy atom. The van der Waals surface area contributed by atoms with Crippen molar-refractivity contribution in [2.45, 2.75) is 63.5 Å². The molecule has 1 aromatic carbocycles. The Bertz CT molecular complexity index is 449. The first kappa shape index (κ1) is 17.4. The molecule has 0 unspecified atom stereocenters. The highest BCUT2D eigenvalue weighted by Crippen LogP contribution is 2.28. The SMILES string of the molecule is CC(C)c1ccc(CCC(=O)NCCSC2CCCC2)cc1. The van der Waals surface area contributed by atoms with E-state index in [1.165, 1.54) is 36.8 Å². The minimum atomic E-state index is 0.181. The molecule has 2 nitrogen and oxygen atoms in total. The van der Waals surface area contributed by atoms with Crippen LogP contribution in [-0.4, -0.2) is 23.5 Å². The van der Waals surface area contributed by atoms with Crippen molar-refractivity contribution in [3.63, 3.8) is 0 Å². The maximum atomic E-state index is 11.9. The van der Waals surface area contributed by atoms with Crippen molar-refractivity contribution in [3.05, 3.63) is 35.4 Å². The number of thioether (sulfide) groups is 1. The predicted octanol–water partition coefficient (Wildman–Crippen LogP) is 4.53. The summed E-state index contributed by atoms with van der Waals surface area (Å²) in [6, 6.07) is 8.66. The molecule has 1 aliphatic rings. The predicted molar refractivity (Wildman–Crippen MR) is 96.6 cm³/mol. The second-order valence-electron chi connectivity index (χ2n) is 6.52. The zero-order valence-electron chi connectivity index (χ0n) is 13.9. The average Bonchev–Trinajstić information content (AvgIpc) is 3.03. The standard InChI is InChI=1S/C19H29NOS/c1-15(2)17-10-7-16(8-11-17)9-12-19(21)20-13-14-22-18-5-3-4-6-18/h7-8,10-11,15,18H,3-6,9,12-14H2,1-2H3,(H,20,21). The van der Waals surface area contributed by atoms with Crippen LogP contribution in [0.25, 0.3) is 0 Å². The third-order valence-electron chi connectivity index (χ3n) is 4.37. The molecular formula is C19H29NOS. The van der Waals surface area contributed by atoms with Crippen LogP contribution in [-0.2, 0) is 11.2 Å². The zero-order chi connectivity index (χ0) is 15.8. The molecule has 1 N–H and O–H groups in total. The Hall–Kier alpha value is -0.960. The maximum Gasteiger partial charge on any atom is 0.220 e. The van der Waals surface area contributed by atoms with Crippen LogP contribution in [0.5, 0.6) is 0 Å². The number of benzene rings is 1. The van der Waals surface area contributed by atoms with Crippen molar-refractivity contribution in [1.29, 1.82) is 0 Å². The van der Waals surface area contributed by atoms with Crippen molar-refractivity contribution in [2.75, 3.05) is 12.3 Å². The summed E-state index contributed by atoms with van der Waals surface area (Å²) in [7, 11) is 0. The lowest BCUT2D eigenvalue weighted by atomic mass is 10.0. The summed E-state index contributed by atoms with van der Waals surface area (Å²) in [6.45, 7) is 5.21. The normalized spacial score (nSPS) is 15.4. The van der Waals surface area contributed by atoms with E-state index in [0.717, 1.165) is 24.0 Å². The summed E-state index contributed by atoms with van der Waals surface area (Å²) in [5.74, 6) is 1.80. The fraction of sp³-hybridized carbons (Fsp3) is 0.632. The lowest BCUT2D eigenvalue weighted by Crippen LogP contribution is -2.26. The van der Waals surface area contributed by atoms with Gasteiger partial charge in [0.25, 0.3) is 0 Å². The van der Waals surface area contributed by atoms with Crippen LogP contribution >= 0.6 is 11.8 Å². The number of carbonyl (C=O) groups is 1. The molecule has 0 spiro atoms. The summed E-state index contributed by atoms with van der Waals surface area (Å²) in [4.78, 5) is 11.9. The zero-order valence-corrected chi connectivity index (χ0v) is 14.8. The topological polar surface area (TPSA) is 29.1 Å². The largest absolute Gasteiger partial charge is 0.355 e. The highest BCUT2D eigenvalue weighted by molar-refractivity contribution is 7.99. The van der Waals surface area contributed by atoms with Crippen LogP contribution in [0.15, 0.2) is 24.3 Å². The molecule has 122 valence electrons. The Morgan fingerprint density at radius 2 is 1.91 bits per heavy atom. The summed E-state index contributed by atoms with van der Waals surface area (Å²) >= 11 is 2.03. The van der Waals surface area contributed by atoms with Crippen LogP contribution in [0.2, 0.25) is 0 Å². The first-order valence-electron chi connectivity index (χ1n) is 8.62. The summed E-state index contributed by atoms with van der Waals surface area (Å²) in [5, 5.41) is 3.89. The van der Waals surface area contributed by atoms with Gasteiger partial charge in [-0.1, -0.05) is 51.0 Å². The fourth-order valence-corrected chi connectivity index (χ4v) is 4.11. The van der Waals surface area contributed by atoms with E-state index in [1.54, 1.807) is 0 Å². The van der Waals surface area contributed by atoms with E-state index in [2.05, 4.69) is 43.4 Å². The van der Waals surface area contributed by atoms with E-state index in [0.29, 0.717) is 12.3 Å². The molecule has 1 fully saturated rings. The van der Waals surface area contributed by atoms with E-state index in [-0.39, 0.29) is 5.91 Å². The van der Waals surface area contributed by atoms with Gasteiger partial charge in [-0.15, -0.1) is 0 Å². The molecule has 1 aromatic rings. The van der Waals surface area contributed by atoms with Gasteiger partial charge in [0.15, 0.2) is 0 Å². The van der Waals surface area contributed by atoms with E-state index in [1.807, 2.05) is 11.8 Å². The van der Waals surface area contributed by atoms with Crippen LogP contribution in [0.3, 0.4) is 0 Å². The van der Waals surface area contributed by atoms with Crippen molar-refractivity contribution >= 4 is 17.7 Å². The maximum absolute atomic E-state index is 11.9. The number of rotatable bonds is 8. The van der Waals surface area contributed by atoms with E-state index in [4.69, 9.17) is 0 Å². The lowest BCUT2D eigenvalue weighted by molar-refractivity contribution is -0.120. The molecule has 1 amide bonds. The average molecular weight is 320 g/mol. The molecule has 22 heavy (non-hydrogen) atoms. The summed E-state index contributed by atoms with van der Waals surface area (Å²) in [6.07, 6.45) is 6.93. The molecule has 0 aliphatic heterocycles. The monoisotopic (exact) mass is 319 g/mol. The van der Waals surface area contributed by atoms with Crippen molar-refractivity contribution < 1.29 is 4.79 Å². The molecule has 0 saturated heterocycles. The molecule has 1 saturated carbocycles. The van der Waals surface area contributed by atoms with Crippen LogP contribution in [0.4, 0.5) is 0 Å². The molecule has 0 atom stereocenters. The summed E-state index contributed by atoms with van der Waals surface area (Å²) < 4.78 is 0. The number of aryl methyl sites for hydroxylation is 1. The Balaban J connectivity index is 1.58. The quantitative estimate of drug-likeness (QED) is 0.713. The van der Waals surface area contributed by atoms with Crippen LogP contribution < -0.4 is 5.32 Å². The van der Waals surface area contributed by atoms with Gasteiger partial charge in [-0.3, -0.25) is 4.79 Å². The third-order valence-corrected chi connectivity index (χ3v) is 5.75. The van der Waals surface area contributed by atoms with Gasteiger partial charge in [-0.25, -0.2) is 0 Å². The molecule has 2 rings (SSSR count). The van der Waals surface area contributed by atoms with Crippen molar-refractivity contribution in [3.8, 4) is 0 Å². The first-order chi connectivity index (χ1) is 10.6. The molecule has 0 aromatic heterocycles. The Morgan fingerprint density at radius 1 is 1.23 bits per heavy atom. The Kier molecular flexibility index (Phi) is 7.31. The molecule has 1 aliphatic carbocycles. The highest BCUT2D eigenvalue weighted by atomic mass is 32.2. The molecule has 0 bridgehead atoms. The van der Waals surface area contributed by atoms with E-state index < -0.39 is 0 Å². The number of nitrogens with one attached hydrogen (secondary N) is 1. The number of carbonyl (C=O) groups excluding carboxylic acids is 1. The third kappa shape index (κ3) is 6.04. The minimum Gasteiger partial charge on any atom is -0.355 e. The van der Waals surface area contributed by atoms with Gasteiger partial charge >= 0.3 is 0 Å². The van der Waals surface area contributed by atoms with Crippen LogP contribution in [0, 0.1) is 0 Å². The fourth-order valence-electron chi connectivity index (χ4n) is 2.89. The van der Waals surface area contributed by atoms with Crippen molar-refractivity contribution in [2.24, 2.45) is 0 Å². The molecule has 3 heteroatoms. The first-order valence-corrected chi connectivity index (χ1v) is 9.67. The Labute approximate surface area is 139 Å². The van der Waals surface area contributed by atoms with Gasteiger partial charge < -0.3 is 5.32 Å². The van der Waals surface area contributed by atoms with Crippen LogP contribution in [0.1, 0.15) is 63.0 Å². The second-order valence-corrected chi connectivity index (χ2v) is 7.93. The molecular weight excluding hydrogens is 290 g/mol. The number of hydrogen-bond acceptors (Lipinski definition) is 2.